The Morgan fingerprint density at radius 3 is 2.72 bits per heavy atom. The molecule has 8 heteroatoms. The van der Waals surface area contributed by atoms with Crippen LogP contribution in [0.25, 0.3) is 0 Å². The predicted octanol–water partition coefficient (Wildman–Crippen LogP) is 3.82. The van der Waals surface area contributed by atoms with E-state index in [0.717, 1.165) is 17.6 Å². The lowest BCUT2D eigenvalue weighted by Gasteiger charge is -2.15. The van der Waals surface area contributed by atoms with Crippen LogP contribution in [0.4, 0.5) is 18.9 Å². The summed E-state index contributed by atoms with van der Waals surface area (Å²) in [4.78, 5) is 0. The summed E-state index contributed by atoms with van der Waals surface area (Å²) in [5.74, 6) is 0. The second-order valence-corrected chi connectivity index (χ2v) is 4.43. The van der Waals surface area contributed by atoms with Gasteiger partial charge in [0, 0.05) is 5.38 Å². The SMILES string of the molecule is FC(F)(F)c1cccc(Cl)c1NCc1csnn1. The lowest BCUT2D eigenvalue weighted by atomic mass is 10.1. The first-order valence-corrected chi connectivity index (χ1v) is 6.05. The van der Waals surface area contributed by atoms with Crippen molar-refractivity contribution >= 4 is 28.8 Å². The topological polar surface area (TPSA) is 37.8 Å². The van der Waals surface area contributed by atoms with Crippen molar-refractivity contribution in [3.63, 3.8) is 0 Å². The van der Waals surface area contributed by atoms with Gasteiger partial charge in [-0.1, -0.05) is 22.2 Å². The van der Waals surface area contributed by atoms with Gasteiger partial charge in [0.15, 0.2) is 0 Å². The van der Waals surface area contributed by atoms with Crippen molar-refractivity contribution in [2.24, 2.45) is 0 Å². The lowest BCUT2D eigenvalue weighted by molar-refractivity contribution is -0.136. The van der Waals surface area contributed by atoms with Gasteiger partial charge in [-0.2, -0.15) is 13.2 Å². The molecule has 0 spiro atoms. The molecule has 1 N–H and O–H groups in total. The van der Waals surface area contributed by atoms with Gasteiger partial charge in [0.05, 0.1) is 28.5 Å². The third-order valence-corrected chi connectivity index (χ3v) is 3.04. The third kappa shape index (κ3) is 2.91. The summed E-state index contributed by atoms with van der Waals surface area (Å²) in [5.41, 5.74) is -0.370. The predicted molar refractivity (Wildman–Crippen MR) is 63.7 cm³/mol. The summed E-state index contributed by atoms with van der Waals surface area (Å²) in [7, 11) is 0. The molecule has 2 aromatic rings. The molecular weight excluding hydrogens is 287 g/mol. The van der Waals surface area contributed by atoms with Gasteiger partial charge in [0.2, 0.25) is 0 Å². The van der Waals surface area contributed by atoms with Crippen molar-refractivity contribution < 1.29 is 13.2 Å². The number of hydrogen-bond donors (Lipinski definition) is 1. The minimum atomic E-state index is -4.45. The van der Waals surface area contributed by atoms with E-state index >= 15 is 0 Å². The molecule has 0 bridgehead atoms. The number of halogens is 4. The van der Waals surface area contributed by atoms with E-state index in [-0.39, 0.29) is 17.3 Å². The summed E-state index contributed by atoms with van der Waals surface area (Å²) in [6, 6.07) is 3.65. The molecule has 0 atom stereocenters. The van der Waals surface area contributed by atoms with E-state index in [1.807, 2.05) is 0 Å². The quantitative estimate of drug-likeness (QED) is 0.935. The fourth-order valence-electron chi connectivity index (χ4n) is 1.38. The average Bonchev–Trinajstić information content (AvgIpc) is 2.78. The first kappa shape index (κ1) is 13.1. The molecule has 0 aliphatic rings. The molecule has 0 fully saturated rings. The molecule has 1 aromatic heterocycles. The highest BCUT2D eigenvalue weighted by molar-refractivity contribution is 7.03. The van der Waals surface area contributed by atoms with Crippen molar-refractivity contribution in [1.29, 1.82) is 0 Å². The fraction of sp³-hybridized carbons (Fsp3) is 0.200. The molecule has 0 radical (unpaired) electrons. The number of nitrogens with one attached hydrogen (secondary N) is 1. The standard InChI is InChI=1S/C10H7ClF3N3S/c11-8-3-1-2-7(10(12,13)14)9(8)15-4-6-5-18-17-16-6/h1-3,5,15H,4H2. The zero-order valence-electron chi connectivity index (χ0n) is 8.83. The maximum atomic E-state index is 12.8. The zero-order chi connectivity index (χ0) is 13.2. The van der Waals surface area contributed by atoms with Crippen molar-refractivity contribution in [3.05, 3.63) is 39.9 Å². The highest BCUT2D eigenvalue weighted by Crippen LogP contribution is 2.38. The van der Waals surface area contributed by atoms with Crippen LogP contribution in [0.2, 0.25) is 5.02 Å². The number of benzene rings is 1. The minimum Gasteiger partial charge on any atom is -0.378 e. The number of para-hydroxylation sites is 1. The zero-order valence-corrected chi connectivity index (χ0v) is 10.4. The van der Waals surface area contributed by atoms with Crippen molar-refractivity contribution in [2.75, 3.05) is 5.32 Å². The molecular formula is C10H7ClF3N3S. The monoisotopic (exact) mass is 293 g/mol. The highest BCUT2D eigenvalue weighted by atomic mass is 35.5. The average molecular weight is 294 g/mol. The summed E-state index contributed by atoms with van der Waals surface area (Å²) in [6.07, 6.45) is -4.45. The number of rotatable bonds is 3. The Hall–Kier alpha value is -1.34. The van der Waals surface area contributed by atoms with Crippen LogP contribution in [0, 0.1) is 0 Å². The maximum Gasteiger partial charge on any atom is 0.418 e. The van der Waals surface area contributed by atoms with Gasteiger partial charge in [-0.3, -0.25) is 0 Å². The summed E-state index contributed by atoms with van der Waals surface area (Å²) in [5, 5.41) is 8.05. The Morgan fingerprint density at radius 1 is 1.33 bits per heavy atom. The largest absolute Gasteiger partial charge is 0.418 e. The van der Waals surface area contributed by atoms with E-state index in [1.54, 1.807) is 5.38 Å². The second kappa shape index (κ2) is 5.11. The normalized spacial score (nSPS) is 11.6. The Kier molecular flexibility index (Phi) is 3.72. The van der Waals surface area contributed by atoms with Gasteiger partial charge >= 0.3 is 6.18 Å². The van der Waals surface area contributed by atoms with Crippen LogP contribution in [-0.2, 0) is 12.7 Å². The number of alkyl halides is 3. The van der Waals surface area contributed by atoms with E-state index in [0.29, 0.717) is 5.69 Å². The van der Waals surface area contributed by atoms with Gasteiger partial charge in [0.25, 0.3) is 0 Å². The Balaban J connectivity index is 2.26. The molecule has 1 heterocycles. The van der Waals surface area contributed by atoms with E-state index in [2.05, 4.69) is 14.9 Å². The lowest BCUT2D eigenvalue weighted by Crippen LogP contribution is -2.11. The van der Waals surface area contributed by atoms with Crippen LogP contribution in [0.15, 0.2) is 23.6 Å². The highest BCUT2D eigenvalue weighted by Gasteiger charge is 2.34. The summed E-state index contributed by atoms with van der Waals surface area (Å²) < 4.78 is 41.9. The van der Waals surface area contributed by atoms with Crippen LogP contribution < -0.4 is 5.32 Å². The number of nitrogens with zero attached hydrogens (tertiary/aromatic N) is 2. The van der Waals surface area contributed by atoms with Gasteiger partial charge in [0.1, 0.15) is 0 Å². The third-order valence-electron chi connectivity index (χ3n) is 2.17. The van der Waals surface area contributed by atoms with E-state index in [1.165, 1.54) is 12.1 Å². The van der Waals surface area contributed by atoms with Gasteiger partial charge in [-0.25, -0.2) is 0 Å². The van der Waals surface area contributed by atoms with Crippen molar-refractivity contribution in [2.45, 2.75) is 12.7 Å². The molecule has 3 nitrogen and oxygen atoms in total. The first-order chi connectivity index (χ1) is 8.48. The van der Waals surface area contributed by atoms with Crippen LogP contribution in [0.1, 0.15) is 11.3 Å². The van der Waals surface area contributed by atoms with Crippen LogP contribution in [-0.4, -0.2) is 9.59 Å². The molecule has 96 valence electrons. The molecule has 18 heavy (non-hydrogen) atoms. The number of anilines is 1. The second-order valence-electron chi connectivity index (χ2n) is 3.41. The first-order valence-electron chi connectivity index (χ1n) is 4.84. The van der Waals surface area contributed by atoms with E-state index < -0.39 is 11.7 Å². The van der Waals surface area contributed by atoms with Crippen LogP contribution in [0.3, 0.4) is 0 Å². The van der Waals surface area contributed by atoms with Gasteiger partial charge in [-0.05, 0) is 23.7 Å². The van der Waals surface area contributed by atoms with E-state index in [4.69, 9.17) is 11.6 Å². The maximum absolute atomic E-state index is 12.8. The molecule has 0 amide bonds. The Bertz CT molecular complexity index is 528. The smallest absolute Gasteiger partial charge is 0.378 e. The Morgan fingerprint density at radius 2 is 2.11 bits per heavy atom. The number of hydrogen-bond acceptors (Lipinski definition) is 4. The molecule has 0 aliphatic carbocycles. The fourth-order valence-corrected chi connectivity index (χ4v) is 2.07. The Labute approximate surface area is 110 Å². The number of aromatic nitrogens is 2. The molecule has 0 aliphatic heterocycles. The molecule has 2 rings (SSSR count). The molecule has 0 saturated heterocycles. The molecule has 1 aromatic carbocycles. The molecule has 0 saturated carbocycles. The van der Waals surface area contributed by atoms with Crippen LogP contribution >= 0.6 is 23.1 Å². The van der Waals surface area contributed by atoms with Crippen molar-refractivity contribution in [3.8, 4) is 0 Å². The van der Waals surface area contributed by atoms with Gasteiger partial charge < -0.3 is 5.32 Å². The molecule has 0 unspecified atom stereocenters. The summed E-state index contributed by atoms with van der Waals surface area (Å²) in [6.45, 7) is 0.142. The van der Waals surface area contributed by atoms with Gasteiger partial charge in [-0.15, -0.1) is 5.10 Å². The minimum absolute atomic E-state index is 0.0213. The summed E-state index contributed by atoms with van der Waals surface area (Å²) >= 11 is 6.91. The van der Waals surface area contributed by atoms with Crippen LogP contribution in [0.5, 0.6) is 0 Å². The van der Waals surface area contributed by atoms with Crippen molar-refractivity contribution in [1.82, 2.24) is 9.59 Å². The van der Waals surface area contributed by atoms with E-state index in [9.17, 15) is 13.2 Å².